The lowest BCUT2D eigenvalue weighted by Gasteiger charge is -2.34. The van der Waals surface area contributed by atoms with Gasteiger partial charge in [0.15, 0.2) is 0 Å². The molecule has 0 aromatic carbocycles. The Hall–Kier alpha value is 0.660. The van der Waals surface area contributed by atoms with Crippen LogP contribution in [0, 0.1) is 0 Å². The van der Waals surface area contributed by atoms with Crippen molar-refractivity contribution in [1.29, 1.82) is 0 Å². The minimum Gasteiger partial charge on any atom is -0.377 e. The Morgan fingerprint density at radius 1 is 1.71 bits per heavy atom. The average molecular weight is 136 g/mol. The molecular weight excluding hydrogens is 128 g/mol. The summed E-state index contributed by atoms with van der Waals surface area (Å²) in [4.78, 5) is 0. The van der Waals surface area contributed by atoms with Gasteiger partial charge in [-0.15, -0.1) is 11.8 Å². The lowest BCUT2D eigenvalue weighted by atomic mass is 10.4. The fourth-order valence-corrected chi connectivity index (χ4v) is 0.979. The molecule has 0 radical (unpaired) electrons. The van der Waals surface area contributed by atoms with Crippen molar-refractivity contribution in [3.8, 4) is 0 Å². The van der Waals surface area contributed by atoms with E-state index >= 15 is 0 Å². The second kappa shape index (κ2) is 1.88. The molecule has 1 aliphatic heterocycles. The Morgan fingerprint density at radius 2 is 2.29 bits per heavy atom. The SMILES string of the molecule is CSC1(S)COC1. The predicted octanol–water partition coefficient (Wildman–Crippen LogP) is 1.01. The highest BCUT2D eigenvalue weighted by Gasteiger charge is 2.33. The van der Waals surface area contributed by atoms with E-state index in [2.05, 4.69) is 18.9 Å². The van der Waals surface area contributed by atoms with Crippen LogP contribution in [0.5, 0.6) is 0 Å². The van der Waals surface area contributed by atoms with Gasteiger partial charge in [0.25, 0.3) is 0 Å². The molecule has 0 aromatic heterocycles. The summed E-state index contributed by atoms with van der Waals surface area (Å²) in [5, 5.41) is 0. The van der Waals surface area contributed by atoms with E-state index < -0.39 is 0 Å². The van der Waals surface area contributed by atoms with Gasteiger partial charge in [-0.2, -0.15) is 12.6 Å². The molecule has 0 bridgehead atoms. The molecule has 0 N–H and O–H groups in total. The maximum Gasteiger partial charge on any atom is 0.104 e. The zero-order valence-corrected chi connectivity index (χ0v) is 5.89. The van der Waals surface area contributed by atoms with Gasteiger partial charge in [0.1, 0.15) is 4.08 Å². The van der Waals surface area contributed by atoms with Crippen LogP contribution in [0.1, 0.15) is 0 Å². The van der Waals surface area contributed by atoms with E-state index in [1.54, 1.807) is 11.8 Å². The number of thiol groups is 1. The van der Waals surface area contributed by atoms with Crippen molar-refractivity contribution in [2.45, 2.75) is 4.08 Å². The van der Waals surface area contributed by atoms with E-state index in [0.29, 0.717) is 0 Å². The van der Waals surface area contributed by atoms with Gasteiger partial charge in [0, 0.05) is 0 Å². The third kappa shape index (κ3) is 1.06. The molecule has 0 atom stereocenters. The molecule has 0 unspecified atom stereocenters. The normalized spacial score (nSPS) is 26.6. The molecule has 1 heterocycles. The molecule has 1 aliphatic rings. The van der Waals surface area contributed by atoms with Crippen LogP contribution in [0.25, 0.3) is 0 Å². The monoisotopic (exact) mass is 136 g/mol. The van der Waals surface area contributed by atoms with Crippen LogP contribution in [-0.4, -0.2) is 23.5 Å². The summed E-state index contributed by atoms with van der Waals surface area (Å²) in [5.74, 6) is 0. The van der Waals surface area contributed by atoms with E-state index in [9.17, 15) is 0 Å². The molecule has 0 saturated carbocycles. The van der Waals surface area contributed by atoms with Crippen molar-refractivity contribution in [1.82, 2.24) is 0 Å². The number of hydrogen-bond acceptors (Lipinski definition) is 3. The summed E-state index contributed by atoms with van der Waals surface area (Å²) in [5.41, 5.74) is 0. The fourth-order valence-electron chi connectivity index (χ4n) is 0.395. The molecule has 3 heteroatoms. The van der Waals surface area contributed by atoms with Gasteiger partial charge < -0.3 is 4.74 Å². The van der Waals surface area contributed by atoms with Crippen molar-refractivity contribution >= 4 is 24.4 Å². The van der Waals surface area contributed by atoms with Crippen molar-refractivity contribution in [3.63, 3.8) is 0 Å². The lowest BCUT2D eigenvalue weighted by Crippen LogP contribution is -2.40. The summed E-state index contributed by atoms with van der Waals surface area (Å²) in [7, 11) is 0. The molecule has 0 amide bonds. The lowest BCUT2D eigenvalue weighted by molar-refractivity contribution is 0.0321. The summed E-state index contributed by atoms with van der Waals surface area (Å²) in [6.45, 7) is 1.61. The maximum absolute atomic E-state index is 4.93. The number of thioether (sulfide) groups is 1. The predicted molar refractivity (Wildman–Crippen MR) is 36.1 cm³/mol. The van der Waals surface area contributed by atoms with Crippen LogP contribution >= 0.6 is 24.4 Å². The van der Waals surface area contributed by atoms with Gasteiger partial charge in [-0.25, -0.2) is 0 Å². The summed E-state index contributed by atoms with van der Waals surface area (Å²) in [6, 6.07) is 0. The van der Waals surface area contributed by atoms with E-state index in [4.69, 9.17) is 4.74 Å². The van der Waals surface area contributed by atoms with E-state index in [-0.39, 0.29) is 4.08 Å². The zero-order valence-electron chi connectivity index (χ0n) is 4.18. The first-order valence-corrected chi connectivity index (χ1v) is 3.79. The highest BCUT2D eigenvalue weighted by molar-refractivity contribution is 8.11. The topological polar surface area (TPSA) is 9.23 Å². The van der Waals surface area contributed by atoms with E-state index in [0.717, 1.165) is 13.2 Å². The van der Waals surface area contributed by atoms with Crippen LogP contribution in [0.15, 0.2) is 0 Å². The van der Waals surface area contributed by atoms with Crippen molar-refractivity contribution in [2.24, 2.45) is 0 Å². The van der Waals surface area contributed by atoms with Gasteiger partial charge in [0.2, 0.25) is 0 Å². The Kier molecular flexibility index (Phi) is 1.55. The molecule has 7 heavy (non-hydrogen) atoms. The van der Waals surface area contributed by atoms with E-state index in [1.807, 2.05) is 0 Å². The number of ether oxygens (including phenoxy) is 1. The minimum absolute atomic E-state index is 0.153. The van der Waals surface area contributed by atoms with Gasteiger partial charge in [-0.05, 0) is 6.26 Å². The highest BCUT2D eigenvalue weighted by atomic mass is 32.2. The first kappa shape index (κ1) is 5.79. The molecular formula is C4H8OS2. The summed E-state index contributed by atoms with van der Waals surface area (Å²) < 4.78 is 5.08. The second-order valence-electron chi connectivity index (χ2n) is 1.64. The van der Waals surface area contributed by atoms with Crippen molar-refractivity contribution in [2.75, 3.05) is 19.5 Å². The van der Waals surface area contributed by atoms with Crippen molar-refractivity contribution < 1.29 is 4.74 Å². The molecule has 0 aliphatic carbocycles. The molecule has 1 fully saturated rings. The smallest absolute Gasteiger partial charge is 0.104 e. The number of rotatable bonds is 1. The molecule has 1 rings (SSSR count). The largest absolute Gasteiger partial charge is 0.377 e. The Balaban J connectivity index is 2.29. The molecule has 1 saturated heterocycles. The molecule has 1 nitrogen and oxygen atoms in total. The molecule has 0 spiro atoms. The van der Waals surface area contributed by atoms with E-state index in [1.165, 1.54) is 0 Å². The third-order valence-corrected chi connectivity index (χ3v) is 2.84. The molecule has 0 aromatic rings. The van der Waals surface area contributed by atoms with Crippen LogP contribution < -0.4 is 0 Å². The highest BCUT2D eigenvalue weighted by Crippen LogP contribution is 2.34. The summed E-state index contributed by atoms with van der Waals surface area (Å²) in [6.07, 6.45) is 2.05. The quantitative estimate of drug-likeness (QED) is 0.425. The third-order valence-electron chi connectivity index (χ3n) is 1.04. The fraction of sp³-hybridized carbons (Fsp3) is 1.00. The Morgan fingerprint density at radius 3 is 2.29 bits per heavy atom. The first-order valence-electron chi connectivity index (χ1n) is 2.12. The van der Waals surface area contributed by atoms with Crippen LogP contribution in [0.4, 0.5) is 0 Å². The van der Waals surface area contributed by atoms with Crippen molar-refractivity contribution in [3.05, 3.63) is 0 Å². The molecule has 42 valence electrons. The van der Waals surface area contributed by atoms with Crippen LogP contribution in [0.3, 0.4) is 0 Å². The Bertz CT molecular complexity index is 64.6. The van der Waals surface area contributed by atoms with Crippen LogP contribution in [-0.2, 0) is 4.74 Å². The average Bonchev–Trinajstić information content (AvgIpc) is 1.61. The summed E-state index contributed by atoms with van der Waals surface area (Å²) >= 11 is 6.06. The first-order chi connectivity index (χ1) is 3.27. The van der Waals surface area contributed by atoms with Gasteiger partial charge in [-0.1, -0.05) is 0 Å². The Labute approximate surface area is 53.2 Å². The standard InChI is InChI=1S/C4H8OS2/c1-7-4(6)2-5-3-4/h6H,2-3H2,1H3. The second-order valence-corrected chi connectivity index (χ2v) is 3.99. The zero-order chi connectivity index (χ0) is 5.33. The minimum atomic E-state index is 0.153. The van der Waals surface area contributed by atoms with Gasteiger partial charge >= 0.3 is 0 Å². The number of hydrogen-bond donors (Lipinski definition) is 1. The van der Waals surface area contributed by atoms with Gasteiger partial charge in [-0.3, -0.25) is 0 Å². The van der Waals surface area contributed by atoms with Crippen LogP contribution in [0.2, 0.25) is 0 Å². The maximum atomic E-state index is 4.93. The van der Waals surface area contributed by atoms with Gasteiger partial charge in [0.05, 0.1) is 13.2 Å².